The van der Waals surface area contributed by atoms with Gasteiger partial charge in [-0.1, -0.05) is 79.9 Å². The second kappa shape index (κ2) is 9.63. The quantitative estimate of drug-likeness (QED) is 0.282. The number of halogens is 3. The zero-order valence-electron chi connectivity index (χ0n) is 17.4. The summed E-state index contributed by atoms with van der Waals surface area (Å²) in [6.45, 7) is 1.71. The van der Waals surface area contributed by atoms with Crippen molar-refractivity contribution in [2.24, 2.45) is 0 Å². The average Bonchev–Trinajstić information content (AvgIpc) is 2.77. The molecular weight excluding hydrogens is 572 g/mol. The van der Waals surface area contributed by atoms with Gasteiger partial charge in [-0.2, -0.15) is 0 Å². The van der Waals surface area contributed by atoms with Crippen LogP contribution in [0.5, 0.6) is 0 Å². The molecule has 1 aliphatic heterocycles. The lowest BCUT2D eigenvalue weighted by Gasteiger charge is -2.27. The molecule has 166 valence electrons. The highest BCUT2D eigenvalue weighted by molar-refractivity contribution is 9.10. The van der Waals surface area contributed by atoms with E-state index in [1.165, 1.54) is 6.08 Å². The number of carbonyl (C=O) groups excluding carboxylic acids is 3. The van der Waals surface area contributed by atoms with Crippen molar-refractivity contribution in [2.75, 3.05) is 4.90 Å². The second-order valence-corrected chi connectivity index (χ2v) is 9.58. The van der Waals surface area contributed by atoms with Crippen LogP contribution >= 0.6 is 43.5 Å². The summed E-state index contributed by atoms with van der Waals surface area (Å²) in [5.41, 5.74) is 3.59. The van der Waals surface area contributed by atoms with Crippen molar-refractivity contribution in [2.45, 2.75) is 13.3 Å². The van der Waals surface area contributed by atoms with Gasteiger partial charge in [0.25, 0.3) is 11.8 Å². The van der Waals surface area contributed by atoms with Crippen molar-refractivity contribution in [3.8, 4) is 0 Å². The predicted molar refractivity (Wildman–Crippen MR) is 136 cm³/mol. The third-order valence-corrected chi connectivity index (χ3v) is 7.23. The van der Waals surface area contributed by atoms with E-state index in [9.17, 15) is 14.4 Å². The maximum Gasteiger partial charge on any atom is 0.335 e. The van der Waals surface area contributed by atoms with E-state index in [0.717, 1.165) is 25.0 Å². The summed E-state index contributed by atoms with van der Waals surface area (Å²) < 4.78 is 1.86. The fourth-order valence-corrected chi connectivity index (χ4v) is 4.66. The number of benzene rings is 3. The van der Waals surface area contributed by atoms with Crippen molar-refractivity contribution >= 4 is 73.1 Å². The molecule has 3 aromatic carbocycles. The Balaban J connectivity index is 1.66. The molecule has 1 aliphatic rings. The van der Waals surface area contributed by atoms with E-state index in [1.54, 1.807) is 25.1 Å². The summed E-state index contributed by atoms with van der Waals surface area (Å²) >= 11 is 13.3. The molecule has 1 N–H and O–H groups in total. The first-order chi connectivity index (χ1) is 15.8. The van der Waals surface area contributed by atoms with Gasteiger partial charge in [0.2, 0.25) is 0 Å². The molecule has 0 radical (unpaired) electrons. The molecule has 0 unspecified atom stereocenters. The minimum Gasteiger partial charge on any atom is -0.273 e. The largest absolute Gasteiger partial charge is 0.335 e. The van der Waals surface area contributed by atoms with Gasteiger partial charge in [0, 0.05) is 14.0 Å². The summed E-state index contributed by atoms with van der Waals surface area (Å²) in [4.78, 5) is 39.1. The second-order valence-electron chi connectivity index (χ2n) is 7.46. The van der Waals surface area contributed by atoms with Gasteiger partial charge in [-0.3, -0.25) is 14.9 Å². The van der Waals surface area contributed by atoms with Crippen LogP contribution in [0.4, 0.5) is 10.5 Å². The summed E-state index contributed by atoms with van der Waals surface area (Å²) in [6.07, 6.45) is 2.18. The Bertz CT molecular complexity index is 1340. The predicted octanol–water partition coefficient (Wildman–Crippen LogP) is 6.43. The van der Waals surface area contributed by atoms with Gasteiger partial charge in [-0.15, -0.1) is 0 Å². The van der Waals surface area contributed by atoms with Crippen LogP contribution in [0, 0.1) is 6.92 Å². The number of amides is 4. The van der Waals surface area contributed by atoms with Crippen LogP contribution in [0.15, 0.2) is 75.2 Å². The number of barbiturate groups is 1. The summed E-state index contributed by atoms with van der Waals surface area (Å²) in [7, 11) is 0. The smallest absolute Gasteiger partial charge is 0.273 e. The van der Waals surface area contributed by atoms with E-state index in [-0.39, 0.29) is 5.57 Å². The van der Waals surface area contributed by atoms with Crippen LogP contribution in [0.1, 0.15) is 22.3 Å². The molecule has 0 spiro atoms. The molecule has 1 fully saturated rings. The Labute approximate surface area is 212 Å². The molecule has 0 aliphatic carbocycles. The number of hydrogen-bond acceptors (Lipinski definition) is 3. The number of nitrogens with zero attached hydrogens (tertiary/aromatic N) is 1. The lowest BCUT2D eigenvalue weighted by Crippen LogP contribution is -2.54. The Hall–Kier alpha value is -2.74. The molecule has 0 saturated carbocycles. The van der Waals surface area contributed by atoms with Crippen molar-refractivity contribution in [1.29, 1.82) is 0 Å². The van der Waals surface area contributed by atoms with Gasteiger partial charge >= 0.3 is 6.03 Å². The zero-order valence-corrected chi connectivity index (χ0v) is 21.3. The normalized spacial score (nSPS) is 15.2. The van der Waals surface area contributed by atoms with Gasteiger partial charge in [-0.25, -0.2) is 9.69 Å². The molecule has 1 heterocycles. The van der Waals surface area contributed by atoms with Crippen LogP contribution in [-0.4, -0.2) is 17.8 Å². The summed E-state index contributed by atoms with van der Waals surface area (Å²) in [5, 5.41) is 2.66. The number of nitrogens with one attached hydrogen (secondary N) is 1. The van der Waals surface area contributed by atoms with Gasteiger partial charge in [0.05, 0.1) is 5.69 Å². The first kappa shape index (κ1) is 23.4. The molecule has 0 aromatic heterocycles. The first-order valence-electron chi connectivity index (χ1n) is 9.94. The number of imide groups is 2. The van der Waals surface area contributed by atoms with E-state index < -0.39 is 17.8 Å². The molecule has 4 amide bonds. The van der Waals surface area contributed by atoms with Crippen molar-refractivity contribution in [3.05, 3.63) is 102 Å². The SMILES string of the molecule is Cc1c(Cl)cccc1N1C(=O)NC(=O)/C(=C\c2ccc(Cc3ccccc3Br)c(Br)c2)C1=O. The Kier molecular flexibility index (Phi) is 6.83. The minimum atomic E-state index is -0.808. The Morgan fingerprint density at radius 2 is 1.67 bits per heavy atom. The molecule has 0 bridgehead atoms. The Morgan fingerprint density at radius 1 is 0.939 bits per heavy atom. The topological polar surface area (TPSA) is 66.5 Å². The maximum atomic E-state index is 13.2. The third kappa shape index (κ3) is 4.81. The molecule has 4 rings (SSSR count). The van der Waals surface area contributed by atoms with Gasteiger partial charge in [0.1, 0.15) is 5.57 Å². The molecule has 5 nitrogen and oxygen atoms in total. The van der Waals surface area contributed by atoms with Crippen LogP contribution < -0.4 is 10.2 Å². The lowest BCUT2D eigenvalue weighted by atomic mass is 10.0. The van der Waals surface area contributed by atoms with E-state index in [0.29, 0.717) is 28.3 Å². The van der Waals surface area contributed by atoms with Crippen LogP contribution in [0.25, 0.3) is 6.08 Å². The van der Waals surface area contributed by atoms with Crippen LogP contribution in [0.3, 0.4) is 0 Å². The minimum absolute atomic E-state index is 0.139. The standard InChI is InChI=1S/C25H17Br2ClN2O3/c1-14-21(28)7-4-8-22(14)30-24(32)18(23(31)29-25(30)33)11-15-9-10-17(20(27)12-15)13-16-5-2-3-6-19(16)26/h2-12H,13H2,1H3,(H,29,31,33)/b18-11+. The van der Waals surface area contributed by atoms with E-state index in [4.69, 9.17) is 11.6 Å². The molecule has 1 saturated heterocycles. The van der Waals surface area contributed by atoms with Crippen LogP contribution in [0.2, 0.25) is 5.02 Å². The van der Waals surface area contributed by atoms with E-state index in [1.807, 2.05) is 42.5 Å². The molecule has 8 heteroatoms. The lowest BCUT2D eigenvalue weighted by molar-refractivity contribution is -0.122. The van der Waals surface area contributed by atoms with Gasteiger partial charge < -0.3 is 0 Å². The Morgan fingerprint density at radius 3 is 2.39 bits per heavy atom. The molecule has 3 aromatic rings. The van der Waals surface area contributed by atoms with Crippen LogP contribution in [-0.2, 0) is 16.0 Å². The van der Waals surface area contributed by atoms with Gasteiger partial charge in [0.15, 0.2) is 0 Å². The molecular formula is C25H17Br2ClN2O3. The zero-order chi connectivity index (χ0) is 23.7. The van der Waals surface area contributed by atoms with Crippen molar-refractivity contribution in [3.63, 3.8) is 0 Å². The fraction of sp³-hybridized carbons (Fsp3) is 0.0800. The van der Waals surface area contributed by atoms with E-state index in [2.05, 4.69) is 37.2 Å². The third-order valence-electron chi connectivity index (χ3n) is 5.31. The number of anilines is 1. The highest BCUT2D eigenvalue weighted by Crippen LogP contribution is 2.30. The average molecular weight is 589 g/mol. The molecule has 0 atom stereocenters. The number of rotatable bonds is 4. The number of urea groups is 1. The first-order valence-corrected chi connectivity index (χ1v) is 11.9. The monoisotopic (exact) mass is 586 g/mol. The molecule has 33 heavy (non-hydrogen) atoms. The summed E-state index contributed by atoms with van der Waals surface area (Å²) in [6, 6.07) is 17.7. The van der Waals surface area contributed by atoms with Crippen molar-refractivity contribution < 1.29 is 14.4 Å². The van der Waals surface area contributed by atoms with Crippen molar-refractivity contribution in [1.82, 2.24) is 5.32 Å². The number of carbonyl (C=O) groups is 3. The maximum absolute atomic E-state index is 13.2. The fourth-order valence-electron chi connectivity index (χ4n) is 3.52. The highest BCUT2D eigenvalue weighted by Gasteiger charge is 2.37. The number of hydrogen-bond donors (Lipinski definition) is 1. The summed E-state index contributed by atoms with van der Waals surface area (Å²) in [5.74, 6) is -1.45. The van der Waals surface area contributed by atoms with E-state index >= 15 is 0 Å². The highest BCUT2D eigenvalue weighted by atomic mass is 79.9. The van der Waals surface area contributed by atoms with Gasteiger partial charge in [-0.05, 0) is 65.9 Å².